The summed E-state index contributed by atoms with van der Waals surface area (Å²) < 4.78 is 0. The summed E-state index contributed by atoms with van der Waals surface area (Å²) in [6, 6.07) is 69.8. The van der Waals surface area contributed by atoms with Gasteiger partial charge < -0.3 is 0 Å². The fourth-order valence-electron chi connectivity index (χ4n) is 14.2. The molecule has 0 saturated heterocycles. The van der Waals surface area contributed by atoms with Gasteiger partial charge in [-0.05, 0) is 154 Å². The molecule has 0 saturated carbocycles. The summed E-state index contributed by atoms with van der Waals surface area (Å²) in [5, 5.41) is 15.7. The number of benzene rings is 11. The minimum atomic E-state index is -0.355. The molecule has 0 aromatic heterocycles. The Bertz CT molecular complexity index is 3840. The van der Waals surface area contributed by atoms with E-state index >= 15 is 0 Å². The minimum Gasteiger partial charge on any atom is -0.0619 e. The zero-order chi connectivity index (χ0) is 45.1. The van der Waals surface area contributed by atoms with Crippen LogP contribution in [0.3, 0.4) is 0 Å². The van der Waals surface area contributed by atoms with Gasteiger partial charge in [0, 0.05) is 10.8 Å². The van der Waals surface area contributed by atoms with Crippen molar-refractivity contribution in [3.63, 3.8) is 0 Å². The SMILES string of the molecule is CC1(C)c2ccccc2-c2c1cc(-c1c3ccccc3c(-c3cc4c(c5ccccc35)-c3c(c5ccccc5c5ccccc35)C4(C(C)(C)C)C(C)(C)C)c3ccccc13)c1ccccc21. The highest BCUT2D eigenvalue weighted by molar-refractivity contribution is 6.28. The third kappa shape index (κ3) is 4.84. The van der Waals surface area contributed by atoms with Gasteiger partial charge in [0.05, 0.1) is 0 Å². The Kier molecular flexibility index (Phi) is 7.93. The van der Waals surface area contributed by atoms with Gasteiger partial charge in [-0.1, -0.05) is 225 Å². The highest BCUT2D eigenvalue weighted by atomic mass is 14.6. The van der Waals surface area contributed by atoms with Crippen molar-refractivity contribution in [1.82, 2.24) is 0 Å². The standard InChI is InChI=1S/C66H54/c1-63(2,3)66(64(4,5)6)56-38-53(42-26-11-14-28-44(42)60(56)61-45-29-15-9-23-39(45)40-24-12-20-34-50(40)62(61)66)58-48-32-18-16-30-46(48)57(47-31-17-19-33-49(47)58)52-37-55-59(43-27-13-10-25-41(43)52)51-35-21-22-36-54(51)65(55,7)8/h9-38H,1-8H3. The van der Waals surface area contributed by atoms with Crippen molar-refractivity contribution in [3.05, 3.63) is 204 Å². The largest absolute Gasteiger partial charge is 0.0619 e. The van der Waals surface area contributed by atoms with Crippen molar-refractivity contribution in [2.24, 2.45) is 10.8 Å². The maximum Gasteiger partial charge on any atom is 0.0318 e. The Labute approximate surface area is 388 Å². The van der Waals surface area contributed by atoms with Crippen molar-refractivity contribution in [2.75, 3.05) is 0 Å². The molecule has 13 rings (SSSR count). The van der Waals surface area contributed by atoms with Crippen LogP contribution in [0.2, 0.25) is 0 Å². The lowest BCUT2D eigenvalue weighted by Gasteiger charge is -2.53. The summed E-state index contributed by atoms with van der Waals surface area (Å²) in [5.74, 6) is 0. The van der Waals surface area contributed by atoms with Gasteiger partial charge in [0.2, 0.25) is 0 Å². The molecule has 0 atom stereocenters. The molecule has 0 fully saturated rings. The lowest BCUT2D eigenvalue weighted by Crippen LogP contribution is -2.50. The van der Waals surface area contributed by atoms with Gasteiger partial charge in [0.25, 0.3) is 0 Å². The van der Waals surface area contributed by atoms with E-state index in [1.54, 1.807) is 0 Å². The Morgan fingerprint density at radius 2 is 0.606 bits per heavy atom. The Balaban J connectivity index is 1.20. The van der Waals surface area contributed by atoms with Crippen LogP contribution in [0.1, 0.15) is 77.6 Å². The van der Waals surface area contributed by atoms with Gasteiger partial charge in [-0.2, -0.15) is 0 Å². The van der Waals surface area contributed by atoms with Crippen LogP contribution in [-0.2, 0) is 10.8 Å². The van der Waals surface area contributed by atoms with Crippen LogP contribution < -0.4 is 0 Å². The van der Waals surface area contributed by atoms with Gasteiger partial charge in [-0.15, -0.1) is 0 Å². The summed E-state index contributed by atoms with van der Waals surface area (Å²) in [4.78, 5) is 0. The molecule has 318 valence electrons. The van der Waals surface area contributed by atoms with Crippen LogP contribution in [0.4, 0.5) is 0 Å². The monoisotopic (exact) mass is 846 g/mol. The smallest absolute Gasteiger partial charge is 0.0318 e. The van der Waals surface area contributed by atoms with Crippen molar-refractivity contribution in [2.45, 2.75) is 66.2 Å². The van der Waals surface area contributed by atoms with Gasteiger partial charge in [-0.25, -0.2) is 0 Å². The summed E-state index contributed by atoms with van der Waals surface area (Å²) >= 11 is 0. The molecule has 66 heavy (non-hydrogen) atoms. The van der Waals surface area contributed by atoms with Crippen LogP contribution >= 0.6 is 0 Å². The third-order valence-electron chi connectivity index (χ3n) is 16.3. The number of hydrogen-bond donors (Lipinski definition) is 0. The maximum absolute atomic E-state index is 2.68. The van der Waals surface area contributed by atoms with Crippen LogP contribution in [0.5, 0.6) is 0 Å². The molecule has 0 nitrogen and oxygen atoms in total. The Morgan fingerprint density at radius 1 is 0.273 bits per heavy atom. The van der Waals surface area contributed by atoms with Crippen molar-refractivity contribution < 1.29 is 0 Å². The first-order valence-electron chi connectivity index (χ1n) is 23.9. The molecule has 0 aliphatic heterocycles. The van der Waals surface area contributed by atoms with Gasteiger partial charge in [0.15, 0.2) is 0 Å². The molecule has 2 aliphatic rings. The predicted molar refractivity (Wildman–Crippen MR) is 285 cm³/mol. The van der Waals surface area contributed by atoms with E-state index in [0.717, 1.165) is 0 Å². The molecule has 0 heteroatoms. The number of rotatable bonds is 2. The zero-order valence-corrected chi connectivity index (χ0v) is 39.3. The highest BCUT2D eigenvalue weighted by Crippen LogP contribution is 2.69. The van der Waals surface area contributed by atoms with Crippen LogP contribution in [0, 0.1) is 10.8 Å². The lowest BCUT2D eigenvalue weighted by atomic mass is 9.49. The molecule has 0 radical (unpaired) electrons. The maximum atomic E-state index is 2.68. The molecular weight excluding hydrogens is 793 g/mol. The molecule has 0 bridgehead atoms. The fraction of sp³-hybridized carbons (Fsp3) is 0.182. The van der Waals surface area contributed by atoms with E-state index in [-0.39, 0.29) is 21.7 Å². The zero-order valence-electron chi connectivity index (χ0n) is 39.3. The van der Waals surface area contributed by atoms with Crippen molar-refractivity contribution in [1.29, 1.82) is 0 Å². The molecule has 2 aliphatic carbocycles. The van der Waals surface area contributed by atoms with Crippen molar-refractivity contribution in [3.8, 4) is 44.5 Å². The summed E-state index contributed by atoms with van der Waals surface area (Å²) in [6.45, 7) is 19.8. The highest BCUT2D eigenvalue weighted by Gasteiger charge is 2.59. The molecule has 0 N–H and O–H groups in total. The summed E-state index contributed by atoms with van der Waals surface area (Å²) in [7, 11) is 0. The van der Waals surface area contributed by atoms with E-state index in [2.05, 4.69) is 237 Å². The average Bonchev–Trinajstić information content (AvgIpc) is 3.78. The summed E-state index contributed by atoms with van der Waals surface area (Å²) in [6.07, 6.45) is 0. The van der Waals surface area contributed by atoms with Crippen molar-refractivity contribution >= 4 is 64.6 Å². The molecule has 11 aromatic carbocycles. The quantitative estimate of drug-likeness (QED) is 0.120. The van der Waals surface area contributed by atoms with E-state index in [4.69, 9.17) is 0 Å². The Morgan fingerprint density at radius 3 is 1.08 bits per heavy atom. The summed E-state index contributed by atoms with van der Waals surface area (Å²) in [5.41, 5.74) is 15.7. The molecule has 0 amide bonds. The molecular formula is C66H54. The van der Waals surface area contributed by atoms with E-state index < -0.39 is 0 Å². The average molecular weight is 847 g/mol. The van der Waals surface area contributed by atoms with Gasteiger partial charge in [-0.3, -0.25) is 0 Å². The Hall–Kier alpha value is -7.02. The van der Waals surface area contributed by atoms with Crippen LogP contribution in [-0.4, -0.2) is 0 Å². The van der Waals surface area contributed by atoms with Gasteiger partial charge >= 0.3 is 0 Å². The van der Waals surface area contributed by atoms with E-state index in [1.165, 1.54) is 131 Å². The van der Waals surface area contributed by atoms with E-state index in [9.17, 15) is 0 Å². The second-order valence-corrected chi connectivity index (χ2v) is 21.9. The second-order valence-electron chi connectivity index (χ2n) is 21.9. The predicted octanol–water partition coefficient (Wildman–Crippen LogP) is 18.6. The molecule has 0 spiro atoms. The first-order chi connectivity index (χ1) is 31.8. The lowest BCUT2D eigenvalue weighted by molar-refractivity contribution is 0.0965. The number of hydrogen-bond acceptors (Lipinski definition) is 0. The first-order valence-corrected chi connectivity index (χ1v) is 23.9. The topological polar surface area (TPSA) is 0 Å². The molecule has 11 aromatic rings. The fourth-order valence-corrected chi connectivity index (χ4v) is 14.2. The molecule has 0 unspecified atom stereocenters. The second kappa shape index (κ2) is 13.3. The minimum absolute atomic E-state index is 0.138. The van der Waals surface area contributed by atoms with E-state index in [1.807, 2.05) is 0 Å². The normalized spacial score (nSPS) is 14.9. The third-order valence-corrected chi connectivity index (χ3v) is 16.3. The first kappa shape index (κ1) is 39.4. The van der Waals surface area contributed by atoms with E-state index in [0.29, 0.717) is 0 Å². The number of fused-ring (bicyclic) bond motifs is 17. The molecule has 0 heterocycles. The van der Waals surface area contributed by atoms with Crippen LogP contribution in [0.15, 0.2) is 182 Å². The van der Waals surface area contributed by atoms with Crippen LogP contribution in [0.25, 0.3) is 109 Å². The van der Waals surface area contributed by atoms with Gasteiger partial charge in [0.1, 0.15) is 0 Å².